The third kappa shape index (κ3) is 3.24. The first-order valence-electron chi connectivity index (χ1n) is 7.06. The molecule has 1 aliphatic rings. The molecule has 2 N–H and O–H groups in total. The molecule has 1 fully saturated rings. The average molecular weight is 277 g/mol. The summed E-state index contributed by atoms with van der Waals surface area (Å²) in [7, 11) is 1.53. The Kier molecular flexibility index (Phi) is 4.21. The number of esters is 1. The number of nitrogens with two attached hydrogens (primary N) is 1. The summed E-state index contributed by atoms with van der Waals surface area (Å²) in [6.45, 7) is 4.51. The molecule has 0 spiro atoms. The molecular formula is C16H23NO3. The lowest BCUT2D eigenvalue weighted by molar-refractivity contribution is 0.00960. The molecule has 2 rings (SSSR count). The molecule has 0 aliphatic heterocycles. The predicted octanol–water partition coefficient (Wildman–Crippen LogP) is 3.40. The van der Waals surface area contributed by atoms with Crippen molar-refractivity contribution in [1.29, 1.82) is 0 Å². The van der Waals surface area contributed by atoms with Gasteiger partial charge in [-0.25, -0.2) is 4.79 Å². The van der Waals surface area contributed by atoms with E-state index in [2.05, 4.69) is 13.8 Å². The summed E-state index contributed by atoms with van der Waals surface area (Å²) in [6.07, 6.45) is 4.00. The van der Waals surface area contributed by atoms with Crippen molar-refractivity contribution >= 4 is 11.7 Å². The van der Waals surface area contributed by atoms with Crippen LogP contribution in [0.1, 0.15) is 49.9 Å². The minimum Gasteiger partial charge on any atom is -0.495 e. The molecule has 0 bridgehead atoms. The van der Waals surface area contributed by atoms with Crippen LogP contribution in [0.3, 0.4) is 0 Å². The van der Waals surface area contributed by atoms with Crippen LogP contribution in [0, 0.1) is 5.41 Å². The van der Waals surface area contributed by atoms with Gasteiger partial charge in [0.05, 0.1) is 18.4 Å². The molecule has 0 amide bonds. The predicted molar refractivity (Wildman–Crippen MR) is 78.9 cm³/mol. The van der Waals surface area contributed by atoms with Crippen LogP contribution in [-0.2, 0) is 4.74 Å². The number of nitrogen functional groups attached to an aromatic ring is 1. The second-order valence-corrected chi connectivity index (χ2v) is 6.19. The largest absolute Gasteiger partial charge is 0.495 e. The second-order valence-electron chi connectivity index (χ2n) is 6.19. The lowest BCUT2D eigenvalue weighted by atomic mass is 9.76. The van der Waals surface area contributed by atoms with Gasteiger partial charge in [0.1, 0.15) is 11.9 Å². The van der Waals surface area contributed by atoms with E-state index in [1.807, 2.05) is 0 Å². The molecular weight excluding hydrogens is 254 g/mol. The van der Waals surface area contributed by atoms with Crippen LogP contribution in [0.2, 0.25) is 0 Å². The number of benzene rings is 1. The number of rotatable bonds is 3. The molecule has 0 atom stereocenters. The Bertz CT molecular complexity index is 486. The van der Waals surface area contributed by atoms with Crippen LogP contribution >= 0.6 is 0 Å². The summed E-state index contributed by atoms with van der Waals surface area (Å²) in [4.78, 5) is 12.2. The number of hydrogen-bond donors (Lipinski definition) is 1. The molecule has 1 aromatic rings. The summed E-state index contributed by atoms with van der Waals surface area (Å²) in [5.74, 6) is 0.148. The number of hydrogen-bond acceptors (Lipinski definition) is 4. The average Bonchev–Trinajstić information content (AvgIpc) is 2.41. The first-order valence-corrected chi connectivity index (χ1v) is 7.06. The van der Waals surface area contributed by atoms with E-state index in [0.29, 0.717) is 22.4 Å². The van der Waals surface area contributed by atoms with E-state index in [-0.39, 0.29) is 12.1 Å². The maximum Gasteiger partial charge on any atom is 0.340 e. The molecule has 1 aromatic carbocycles. The Morgan fingerprint density at radius 1 is 1.30 bits per heavy atom. The van der Waals surface area contributed by atoms with Gasteiger partial charge in [-0.15, -0.1) is 0 Å². The highest BCUT2D eigenvalue weighted by atomic mass is 16.5. The van der Waals surface area contributed by atoms with Gasteiger partial charge in [-0.05, 0) is 43.2 Å². The zero-order valence-corrected chi connectivity index (χ0v) is 12.4. The third-order valence-corrected chi connectivity index (χ3v) is 4.07. The van der Waals surface area contributed by atoms with Crippen molar-refractivity contribution in [2.45, 2.75) is 45.6 Å². The summed E-state index contributed by atoms with van der Waals surface area (Å²) in [5, 5.41) is 0. The first-order chi connectivity index (χ1) is 9.43. The quantitative estimate of drug-likeness (QED) is 0.679. The fourth-order valence-corrected chi connectivity index (χ4v) is 2.61. The summed E-state index contributed by atoms with van der Waals surface area (Å²) < 4.78 is 10.7. The Morgan fingerprint density at radius 2 is 1.95 bits per heavy atom. The zero-order valence-electron chi connectivity index (χ0n) is 12.4. The van der Waals surface area contributed by atoms with Gasteiger partial charge in [0.15, 0.2) is 0 Å². The van der Waals surface area contributed by atoms with Gasteiger partial charge in [0.2, 0.25) is 0 Å². The molecule has 0 radical (unpaired) electrons. The van der Waals surface area contributed by atoms with E-state index >= 15 is 0 Å². The Balaban J connectivity index is 2.03. The highest BCUT2D eigenvalue weighted by molar-refractivity contribution is 5.96. The van der Waals surface area contributed by atoms with Crippen LogP contribution in [0.15, 0.2) is 18.2 Å². The molecule has 0 heterocycles. The number of anilines is 1. The first kappa shape index (κ1) is 14.7. The Labute approximate surface area is 120 Å². The lowest BCUT2D eigenvalue weighted by Crippen LogP contribution is -2.28. The van der Waals surface area contributed by atoms with Crippen molar-refractivity contribution in [2.75, 3.05) is 12.8 Å². The minimum absolute atomic E-state index is 0.00104. The fourth-order valence-electron chi connectivity index (χ4n) is 2.61. The maximum absolute atomic E-state index is 12.2. The standard InChI is InChI=1S/C16H23NO3/c1-16(2)9-7-11(8-10-16)20-15(18)12-5-4-6-13(19-3)14(12)17/h4-6,11H,7-10,17H2,1-3H3. The number of carbonyl (C=O) groups excluding carboxylic acids is 1. The molecule has 1 saturated carbocycles. The Morgan fingerprint density at radius 3 is 2.55 bits per heavy atom. The number of carbonyl (C=O) groups is 1. The van der Waals surface area contributed by atoms with Gasteiger partial charge in [-0.2, -0.15) is 0 Å². The van der Waals surface area contributed by atoms with E-state index in [9.17, 15) is 4.79 Å². The minimum atomic E-state index is -0.355. The van der Waals surface area contributed by atoms with Crippen LogP contribution < -0.4 is 10.5 Å². The molecule has 0 aromatic heterocycles. The van der Waals surface area contributed by atoms with Crippen molar-refractivity contribution in [3.63, 3.8) is 0 Å². The van der Waals surface area contributed by atoms with Crippen LogP contribution in [-0.4, -0.2) is 19.2 Å². The molecule has 0 saturated heterocycles. The van der Waals surface area contributed by atoms with Crippen LogP contribution in [0.4, 0.5) is 5.69 Å². The van der Waals surface area contributed by atoms with Gasteiger partial charge in [-0.1, -0.05) is 19.9 Å². The summed E-state index contributed by atoms with van der Waals surface area (Å²) in [5.41, 5.74) is 7.00. The second kappa shape index (κ2) is 5.73. The maximum atomic E-state index is 12.2. The third-order valence-electron chi connectivity index (χ3n) is 4.07. The normalized spacial score (nSPS) is 18.6. The lowest BCUT2D eigenvalue weighted by Gasteiger charge is -2.33. The smallest absolute Gasteiger partial charge is 0.340 e. The van der Waals surface area contributed by atoms with Crippen LogP contribution in [0.25, 0.3) is 0 Å². The van der Waals surface area contributed by atoms with Gasteiger partial charge >= 0.3 is 5.97 Å². The molecule has 0 unspecified atom stereocenters. The highest BCUT2D eigenvalue weighted by Gasteiger charge is 2.29. The number of methoxy groups -OCH3 is 1. The molecule has 4 heteroatoms. The monoisotopic (exact) mass is 277 g/mol. The van der Waals surface area contributed by atoms with E-state index in [1.165, 1.54) is 7.11 Å². The Hall–Kier alpha value is -1.71. The molecule has 110 valence electrons. The van der Waals surface area contributed by atoms with E-state index < -0.39 is 0 Å². The van der Waals surface area contributed by atoms with Gasteiger partial charge in [0, 0.05) is 0 Å². The zero-order chi connectivity index (χ0) is 14.8. The van der Waals surface area contributed by atoms with Gasteiger partial charge in [-0.3, -0.25) is 0 Å². The number of para-hydroxylation sites is 1. The molecule has 1 aliphatic carbocycles. The van der Waals surface area contributed by atoms with Crippen molar-refractivity contribution in [3.8, 4) is 5.75 Å². The van der Waals surface area contributed by atoms with E-state index in [4.69, 9.17) is 15.2 Å². The van der Waals surface area contributed by atoms with Crippen molar-refractivity contribution in [1.82, 2.24) is 0 Å². The molecule has 20 heavy (non-hydrogen) atoms. The number of ether oxygens (including phenoxy) is 2. The van der Waals surface area contributed by atoms with E-state index in [1.54, 1.807) is 18.2 Å². The topological polar surface area (TPSA) is 61.5 Å². The van der Waals surface area contributed by atoms with Crippen LogP contribution in [0.5, 0.6) is 5.75 Å². The SMILES string of the molecule is COc1cccc(C(=O)OC2CCC(C)(C)CC2)c1N. The van der Waals surface area contributed by atoms with Crippen molar-refractivity contribution < 1.29 is 14.3 Å². The molecule has 4 nitrogen and oxygen atoms in total. The van der Waals surface area contributed by atoms with Crippen molar-refractivity contribution in [3.05, 3.63) is 23.8 Å². The highest BCUT2D eigenvalue weighted by Crippen LogP contribution is 2.36. The van der Waals surface area contributed by atoms with Gasteiger partial charge < -0.3 is 15.2 Å². The summed E-state index contributed by atoms with van der Waals surface area (Å²) in [6, 6.07) is 5.15. The fraction of sp³-hybridized carbons (Fsp3) is 0.562. The van der Waals surface area contributed by atoms with Gasteiger partial charge in [0.25, 0.3) is 0 Å². The summed E-state index contributed by atoms with van der Waals surface area (Å²) >= 11 is 0. The van der Waals surface area contributed by atoms with Crippen molar-refractivity contribution in [2.24, 2.45) is 5.41 Å². The van der Waals surface area contributed by atoms with E-state index in [0.717, 1.165) is 25.7 Å².